The Hall–Kier alpha value is -3.92. The summed E-state index contributed by atoms with van der Waals surface area (Å²) in [7, 11) is 1.61. The van der Waals surface area contributed by atoms with Crippen molar-refractivity contribution in [1.82, 2.24) is 0 Å². The highest BCUT2D eigenvalue weighted by molar-refractivity contribution is 6.13. The van der Waals surface area contributed by atoms with E-state index in [1.54, 1.807) is 50.4 Å². The zero-order valence-corrected chi connectivity index (χ0v) is 16.7. The normalized spacial score (nSPS) is 10.7. The van der Waals surface area contributed by atoms with Crippen LogP contribution in [-0.4, -0.2) is 24.0 Å². The molecule has 0 saturated heterocycles. The number of carboxylic acids is 1. The highest BCUT2D eigenvalue weighted by Crippen LogP contribution is 2.32. The minimum absolute atomic E-state index is 0.130. The van der Waals surface area contributed by atoms with Crippen molar-refractivity contribution >= 4 is 22.5 Å². The van der Waals surface area contributed by atoms with Gasteiger partial charge in [-0.25, -0.2) is 4.79 Å². The van der Waals surface area contributed by atoms with Crippen molar-refractivity contribution < 1.29 is 19.4 Å². The van der Waals surface area contributed by atoms with Crippen LogP contribution in [0.15, 0.2) is 78.9 Å². The molecule has 4 rings (SSSR count). The Morgan fingerprint density at radius 2 is 1.53 bits per heavy atom. The lowest BCUT2D eigenvalue weighted by atomic mass is 9.94. The van der Waals surface area contributed by atoms with Gasteiger partial charge in [-0.15, -0.1) is 0 Å². The molecule has 4 heteroatoms. The van der Waals surface area contributed by atoms with Crippen LogP contribution in [0.25, 0.3) is 21.9 Å². The van der Waals surface area contributed by atoms with Gasteiger partial charge in [-0.05, 0) is 53.1 Å². The van der Waals surface area contributed by atoms with Gasteiger partial charge in [0, 0.05) is 16.7 Å². The van der Waals surface area contributed by atoms with Crippen LogP contribution < -0.4 is 4.74 Å². The maximum Gasteiger partial charge on any atom is 0.336 e. The van der Waals surface area contributed by atoms with Crippen LogP contribution in [0, 0.1) is 6.92 Å². The summed E-state index contributed by atoms with van der Waals surface area (Å²) in [5.74, 6) is -0.410. The molecule has 0 aliphatic carbocycles. The van der Waals surface area contributed by atoms with Crippen molar-refractivity contribution in [2.24, 2.45) is 0 Å². The predicted octanol–water partition coefficient (Wildman–Crippen LogP) is 5.75. The van der Waals surface area contributed by atoms with Crippen molar-refractivity contribution in [3.8, 4) is 16.9 Å². The Balaban J connectivity index is 1.79. The van der Waals surface area contributed by atoms with E-state index in [-0.39, 0.29) is 11.3 Å². The Kier molecular flexibility index (Phi) is 5.07. The van der Waals surface area contributed by atoms with Crippen LogP contribution >= 0.6 is 0 Å². The molecule has 4 aromatic carbocycles. The molecule has 0 heterocycles. The second-order valence-electron chi connectivity index (χ2n) is 7.11. The summed E-state index contributed by atoms with van der Waals surface area (Å²) in [5, 5.41) is 10.9. The van der Waals surface area contributed by atoms with Crippen molar-refractivity contribution in [2.45, 2.75) is 6.92 Å². The predicted molar refractivity (Wildman–Crippen MR) is 118 cm³/mol. The molecule has 0 spiro atoms. The first-order valence-electron chi connectivity index (χ1n) is 9.54. The Morgan fingerprint density at radius 3 is 2.23 bits per heavy atom. The van der Waals surface area contributed by atoms with Gasteiger partial charge >= 0.3 is 5.97 Å². The molecule has 0 aliphatic heterocycles. The fourth-order valence-electron chi connectivity index (χ4n) is 3.72. The van der Waals surface area contributed by atoms with Gasteiger partial charge in [0.2, 0.25) is 0 Å². The third kappa shape index (κ3) is 3.44. The number of carbonyl (C=O) groups excluding carboxylic acids is 1. The molecular formula is C26H20O4. The largest absolute Gasteiger partial charge is 0.496 e. The van der Waals surface area contributed by atoms with E-state index < -0.39 is 5.97 Å². The monoisotopic (exact) mass is 396 g/mol. The zero-order chi connectivity index (χ0) is 21.3. The Labute approximate surface area is 174 Å². The van der Waals surface area contributed by atoms with Crippen molar-refractivity contribution in [1.29, 1.82) is 0 Å². The fourth-order valence-corrected chi connectivity index (χ4v) is 3.72. The molecule has 30 heavy (non-hydrogen) atoms. The van der Waals surface area contributed by atoms with Crippen LogP contribution in [0.1, 0.15) is 31.8 Å². The third-order valence-corrected chi connectivity index (χ3v) is 5.25. The lowest BCUT2D eigenvalue weighted by Gasteiger charge is -2.12. The Bertz CT molecular complexity index is 1270. The first-order chi connectivity index (χ1) is 14.5. The van der Waals surface area contributed by atoms with Crippen molar-refractivity contribution in [3.63, 3.8) is 0 Å². The number of ketones is 1. The number of methoxy groups -OCH3 is 1. The number of aryl methyl sites for hydroxylation is 1. The zero-order valence-electron chi connectivity index (χ0n) is 16.7. The standard InChI is InChI=1S/C26H20O4/c1-16-8-9-18-14-19(10-12-21(18)24(16)26(28)29)25(27)20-11-13-23(30-2)22(15-20)17-6-4-3-5-7-17/h3-15H,1-2H3,(H,28,29). The number of hydrogen-bond donors (Lipinski definition) is 1. The summed E-state index contributed by atoms with van der Waals surface area (Å²) in [4.78, 5) is 24.8. The molecule has 0 amide bonds. The number of rotatable bonds is 5. The van der Waals surface area contributed by atoms with E-state index in [1.807, 2.05) is 42.5 Å². The maximum atomic E-state index is 13.2. The minimum Gasteiger partial charge on any atom is -0.496 e. The minimum atomic E-state index is -0.972. The molecule has 4 nitrogen and oxygen atoms in total. The molecule has 0 aromatic heterocycles. The van der Waals surface area contributed by atoms with Crippen LogP contribution in [0.3, 0.4) is 0 Å². The smallest absolute Gasteiger partial charge is 0.336 e. The van der Waals surface area contributed by atoms with E-state index in [2.05, 4.69) is 0 Å². The molecule has 0 fully saturated rings. The molecule has 148 valence electrons. The quantitative estimate of drug-likeness (QED) is 0.436. The summed E-state index contributed by atoms with van der Waals surface area (Å²) < 4.78 is 5.48. The second-order valence-corrected chi connectivity index (χ2v) is 7.11. The Morgan fingerprint density at radius 1 is 0.833 bits per heavy atom. The first-order valence-corrected chi connectivity index (χ1v) is 9.54. The van der Waals surface area contributed by atoms with Crippen LogP contribution in [0.4, 0.5) is 0 Å². The van der Waals surface area contributed by atoms with Gasteiger partial charge in [-0.2, -0.15) is 0 Å². The number of fused-ring (bicyclic) bond motifs is 1. The number of carbonyl (C=O) groups is 2. The van der Waals surface area contributed by atoms with E-state index in [9.17, 15) is 14.7 Å². The number of carboxylic acid groups (broad SMARTS) is 1. The van der Waals surface area contributed by atoms with Gasteiger partial charge in [-0.3, -0.25) is 4.79 Å². The highest BCUT2D eigenvalue weighted by atomic mass is 16.5. The second kappa shape index (κ2) is 7.84. The summed E-state index contributed by atoms with van der Waals surface area (Å²) in [6.45, 7) is 1.77. The number of hydrogen-bond acceptors (Lipinski definition) is 3. The molecule has 0 radical (unpaired) electrons. The van der Waals surface area contributed by atoms with Gasteiger partial charge < -0.3 is 9.84 Å². The molecule has 4 aromatic rings. The molecule has 0 aliphatic rings. The third-order valence-electron chi connectivity index (χ3n) is 5.25. The van der Waals surface area contributed by atoms with Crippen LogP contribution in [0.5, 0.6) is 5.75 Å². The topological polar surface area (TPSA) is 63.6 Å². The van der Waals surface area contributed by atoms with Crippen LogP contribution in [0.2, 0.25) is 0 Å². The van der Waals surface area contributed by atoms with Gasteiger partial charge in [0.15, 0.2) is 5.78 Å². The average molecular weight is 396 g/mol. The molecular weight excluding hydrogens is 376 g/mol. The van der Waals surface area contributed by atoms with Crippen molar-refractivity contribution in [3.05, 3.63) is 101 Å². The first kappa shape index (κ1) is 19.4. The van der Waals surface area contributed by atoms with Gasteiger partial charge in [0.25, 0.3) is 0 Å². The average Bonchev–Trinajstić information content (AvgIpc) is 2.78. The summed E-state index contributed by atoms with van der Waals surface area (Å²) in [6, 6.07) is 23.9. The van der Waals surface area contributed by atoms with E-state index >= 15 is 0 Å². The van der Waals surface area contributed by atoms with E-state index in [0.717, 1.165) is 16.5 Å². The lowest BCUT2D eigenvalue weighted by molar-refractivity contribution is 0.0698. The SMILES string of the molecule is COc1ccc(C(=O)c2ccc3c(C(=O)O)c(C)ccc3c2)cc1-c1ccccc1. The summed E-state index contributed by atoms with van der Waals surface area (Å²) in [5.41, 5.74) is 3.81. The van der Waals surface area contributed by atoms with E-state index in [1.165, 1.54) is 0 Å². The maximum absolute atomic E-state index is 13.2. The van der Waals surface area contributed by atoms with E-state index in [0.29, 0.717) is 27.8 Å². The summed E-state index contributed by atoms with van der Waals surface area (Å²) in [6.07, 6.45) is 0. The number of ether oxygens (including phenoxy) is 1. The number of benzene rings is 4. The van der Waals surface area contributed by atoms with Crippen molar-refractivity contribution in [2.75, 3.05) is 7.11 Å². The van der Waals surface area contributed by atoms with E-state index in [4.69, 9.17) is 4.74 Å². The fraction of sp³-hybridized carbons (Fsp3) is 0.0769. The van der Waals surface area contributed by atoms with Gasteiger partial charge in [0.1, 0.15) is 5.75 Å². The molecule has 1 N–H and O–H groups in total. The highest BCUT2D eigenvalue weighted by Gasteiger charge is 2.16. The summed E-state index contributed by atoms with van der Waals surface area (Å²) >= 11 is 0. The molecule has 0 atom stereocenters. The van der Waals surface area contributed by atoms with Crippen LogP contribution in [-0.2, 0) is 0 Å². The molecule has 0 saturated carbocycles. The number of aromatic carboxylic acids is 1. The molecule has 0 unspecified atom stereocenters. The lowest BCUT2D eigenvalue weighted by Crippen LogP contribution is -2.04. The van der Waals surface area contributed by atoms with Gasteiger partial charge in [-0.1, -0.05) is 54.6 Å². The van der Waals surface area contributed by atoms with Gasteiger partial charge in [0.05, 0.1) is 12.7 Å². The molecule has 0 bridgehead atoms.